The molecular formula is C21H28ClN3O2. The van der Waals surface area contributed by atoms with Crippen molar-refractivity contribution in [2.24, 2.45) is 0 Å². The summed E-state index contributed by atoms with van der Waals surface area (Å²) < 4.78 is 5.84. The van der Waals surface area contributed by atoms with Crippen LogP contribution in [0.15, 0.2) is 36.4 Å². The molecule has 0 unspecified atom stereocenters. The molecule has 146 valence electrons. The lowest BCUT2D eigenvalue weighted by molar-refractivity contribution is -0.119. The van der Waals surface area contributed by atoms with E-state index in [4.69, 9.17) is 10.5 Å². The zero-order valence-corrected chi connectivity index (χ0v) is 16.8. The van der Waals surface area contributed by atoms with Crippen LogP contribution >= 0.6 is 12.4 Å². The number of hydrogen-bond acceptors (Lipinski definition) is 4. The van der Waals surface area contributed by atoms with Crippen LogP contribution in [0.25, 0.3) is 0 Å². The third-order valence-electron chi connectivity index (χ3n) is 4.80. The number of nitrogen functional groups attached to an aromatic ring is 1. The maximum Gasteiger partial charge on any atom is 0.239 e. The lowest BCUT2D eigenvalue weighted by Crippen LogP contribution is -2.41. The van der Waals surface area contributed by atoms with Gasteiger partial charge in [0.1, 0.15) is 12.4 Å². The maximum atomic E-state index is 12.3. The van der Waals surface area contributed by atoms with Crippen molar-refractivity contribution in [3.63, 3.8) is 0 Å². The molecule has 3 N–H and O–H groups in total. The Bertz CT molecular complexity index is 775. The number of carbonyl (C=O) groups excluding carboxylic acids is 1. The van der Waals surface area contributed by atoms with E-state index < -0.39 is 0 Å². The van der Waals surface area contributed by atoms with Crippen molar-refractivity contribution in [1.82, 2.24) is 5.32 Å². The van der Waals surface area contributed by atoms with Crippen LogP contribution in [0, 0.1) is 13.8 Å². The quantitative estimate of drug-likeness (QED) is 0.587. The van der Waals surface area contributed by atoms with Gasteiger partial charge in [-0.05, 0) is 55.5 Å². The van der Waals surface area contributed by atoms with E-state index in [0.717, 1.165) is 53.2 Å². The minimum Gasteiger partial charge on any atom is -0.491 e. The molecule has 0 bridgehead atoms. The van der Waals surface area contributed by atoms with Crippen LogP contribution in [0.3, 0.4) is 0 Å². The summed E-state index contributed by atoms with van der Waals surface area (Å²) in [6.45, 7) is 6.23. The van der Waals surface area contributed by atoms with Crippen LogP contribution in [0.1, 0.15) is 23.1 Å². The summed E-state index contributed by atoms with van der Waals surface area (Å²) in [6.07, 6.45) is 1.99. The smallest absolute Gasteiger partial charge is 0.239 e. The fourth-order valence-corrected chi connectivity index (χ4v) is 3.49. The van der Waals surface area contributed by atoms with Gasteiger partial charge in [0.05, 0.1) is 13.1 Å². The largest absolute Gasteiger partial charge is 0.491 e. The van der Waals surface area contributed by atoms with Gasteiger partial charge in [-0.25, -0.2) is 0 Å². The third kappa shape index (κ3) is 5.07. The molecule has 0 fully saturated rings. The minimum absolute atomic E-state index is 0. The second kappa shape index (κ2) is 9.51. The summed E-state index contributed by atoms with van der Waals surface area (Å²) in [5.41, 5.74) is 11.3. The number of hydrogen-bond donors (Lipinski definition) is 2. The summed E-state index contributed by atoms with van der Waals surface area (Å²) in [6, 6.07) is 12.0. The number of halogens is 1. The van der Waals surface area contributed by atoms with Crippen molar-refractivity contribution in [3.8, 4) is 5.75 Å². The number of benzene rings is 2. The highest BCUT2D eigenvalue weighted by Gasteiger charge is 2.20. The molecule has 0 saturated heterocycles. The normalized spacial score (nSPS) is 12.7. The third-order valence-corrected chi connectivity index (χ3v) is 4.80. The second-order valence-corrected chi connectivity index (χ2v) is 6.79. The molecule has 0 atom stereocenters. The van der Waals surface area contributed by atoms with Crippen LogP contribution in [0.5, 0.6) is 5.75 Å². The van der Waals surface area contributed by atoms with Crippen LogP contribution in [-0.4, -0.2) is 32.1 Å². The van der Waals surface area contributed by atoms with Gasteiger partial charge in [0, 0.05) is 17.9 Å². The number of fused-ring (bicyclic) bond motifs is 1. The molecular weight excluding hydrogens is 362 g/mol. The molecule has 1 aliphatic rings. The highest BCUT2D eigenvalue weighted by Crippen LogP contribution is 2.30. The number of anilines is 2. The van der Waals surface area contributed by atoms with Gasteiger partial charge < -0.3 is 20.7 Å². The van der Waals surface area contributed by atoms with Gasteiger partial charge in [-0.1, -0.05) is 24.3 Å². The molecule has 0 saturated carbocycles. The van der Waals surface area contributed by atoms with Crippen molar-refractivity contribution in [1.29, 1.82) is 0 Å². The van der Waals surface area contributed by atoms with Crippen LogP contribution in [-0.2, 0) is 11.2 Å². The monoisotopic (exact) mass is 389 g/mol. The van der Waals surface area contributed by atoms with Crippen molar-refractivity contribution < 1.29 is 9.53 Å². The number of amides is 1. The van der Waals surface area contributed by atoms with Gasteiger partial charge >= 0.3 is 0 Å². The van der Waals surface area contributed by atoms with Crippen LogP contribution in [0.4, 0.5) is 11.4 Å². The Labute approximate surface area is 167 Å². The number of rotatable bonds is 6. The van der Waals surface area contributed by atoms with E-state index in [0.29, 0.717) is 19.7 Å². The molecule has 27 heavy (non-hydrogen) atoms. The van der Waals surface area contributed by atoms with Crippen LogP contribution < -0.4 is 20.7 Å². The number of nitrogens with one attached hydrogen (secondary N) is 1. The van der Waals surface area contributed by atoms with E-state index in [1.807, 2.05) is 50.2 Å². The highest BCUT2D eigenvalue weighted by molar-refractivity contribution is 5.85. The Morgan fingerprint density at radius 3 is 2.63 bits per heavy atom. The Hall–Kier alpha value is -2.40. The zero-order valence-electron chi connectivity index (χ0n) is 16.0. The molecule has 0 aromatic heterocycles. The summed E-state index contributed by atoms with van der Waals surface area (Å²) >= 11 is 0. The van der Waals surface area contributed by atoms with Crippen LogP contribution in [0.2, 0.25) is 0 Å². The Balaban J connectivity index is 0.00000261. The molecule has 0 radical (unpaired) electrons. The van der Waals surface area contributed by atoms with Gasteiger partial charge in [-0.2, -0.15) is 0 Å². The first-order valence-electron chi connectivity index (χ1n) is 9.14. The number of ether oxygens (including phenoxy) is 1. The van der Waals surface area contributed by atoms with Crippen molar-refractivity contribution in [2.45, 2.75) is 26.7 Å². The second-order valence-electron chi connectivity index (χ2n) is 6.79. The zero-order chi connectivity index (χ0) is 18.5. The van der Waals surface area contributed by atoms with Crippen molar-refractivity contribution in [2.75, 3.05) is 36.9 Å². The summed E-state index contributed by atoms with van der Waals surface area (Å²) in [7, 11) is 0. The summed E-state index contributed by atoms with van der Waals surface area (Å²) in [5.74, 6) is 0.910. The van der Waals surface area contributed by atoms with E-state index in [2.05, 4.69) is 10.2 Å². The number of nitrogens with zero attached hydrogens (tertiary/aromatic N) is 1. The average Bonchev–Trinajstić information content (AvgIpc) is 2.61. The van der Waals surface area contributed by atoms with E-state index >= 15 is 0 Å². The van der Waals surface area contributed by atoms with E-state index in [9.17, 15) is 4.79 Å². The Kier molecular flexibility index (Phi) is 7.36. The number of aryl methyl sites for hydroxylation is 2. The number of carbonyl (C=O) groups is 1. The molecule has 6 heteroatoms. The van der Waals surface area contributed by atoms with Gasteiger partial charge in [0.25, 0.3) is 0 Å². The van der Waals surface area contributed by atoms with Gasteiger partial charge in [0.15, 0.2) is 0 Å². The van der Waals surface area contributed by atoms with Crippen molar-refractivity contribution >= 4 is 29.7 Å². The van der Waals surface area contributed by atoms with Gasteiger partial charge in [-0.3, -0.25) is 4.79 Å². The average molecular weight is 390 g/mol. The first-order valence-corrected chi connectivity index (χ1v) is 9.14. The van der Waals surface area contributed by atoms with Gasteiger partial charge in [-0.15, -0.1) is 12.4 Å². The molecule has 2 aromatic carbocycles. The lowest BCUT2D eigenvalue weighted by atomic mass is 10.00. The fourth-order valence-electron chi connectivity index (χ4n) is 3.49. The molecule has 1 heterocycles. The lowest BCUT2D eigenvalue weighted by Gasteiger charge is -2.31. The topological polar surface area (TPSA) is 67.6 Å². The molecule has 3 rings (SSSR count). The Morgan fingerprint density at radius 1 is 1.19 bits per heavy atom. The minimum atomic E-state index is 0. The molecule has 2 aromatic rings. The molecule has 1 aliphatic heterocycles. The summed E-state index contributed by atoms with van der Waals surface area (Å²) in [4.78, 5) is 14.4. The highest BCUT2D eigenvalue weighted by atomic mass is 35.5. The van der Waals surface area contributed by atoms with E-state index in [1.165, 1.54) is 0 Å². The predicted molar refractivity (Wildman–Crippen MR) is 113 cm³/mol. The molecule has 0 aliphatic carbocycles. The SMILES string of the molecule is Cc1cccc(C)c1OCCNC(=O)CN1CCCc2c(N)cccc21.Cl. The Morgan fingerprint density at radius 2 is 1.89 bits per heavy atom. The number of para-hydroxylation sites is 1. The standard InChI is InChI=1S/C21H27N3O2.ClH/c1-15-6-3-7-16(2)21(15)26-13-11-23-20(25)14-24-12-5-8-17-18(22)9-4-10-19(17)24;/h3-4,6-7,9-10H,5,8,11-14,22H2,1-2H3,(H,23,25);1H. The predicted octanol–water partition coefficient (Wildman–Crippen LogP) is 3.26. The van der Waals surface area contributed by atoms with E-state index in [-0.39, 0.29) is 18.3 Å². The first-order chi connectivity index (χ1) is 12.6. The van der Waals surface area contributed by atoms with E-state index in [1.54, 1.807) is 0 Å². The fraction of sp³-hybridized carbons (Fsp3) is 0.381. The molecule has 1 amide bonds. The van der Waals surface area contributed by atoms with Gasteiger partial charge in [0.2, 0.25) is 5.91 Å². The summed E-state index contributed by atoms with van der Waals surface area (Å²) in [5, 5.41) is 2.95. The first kappa shape index (κ1) is 20.9. The molecule has 0 spiro atoms. The van der Waals surface area contributed by atoms with Crippen molar-refractivity contribution in [3.05, 3.63) is 53.1 Å². The molecule has 5 nitrogen and oxygen atoms in total. The maximum absolute atomic E-state index is 12.3. The number of nitrogens with two attached hydrogens (primary N) is 1.